The number of anilines is 1. The molecule has 0 radical (unpaired) electrons. The number of nitrogens with zero attached hydrogens (tertiary/aromatic N) is 3. The molecule has 2 aliphatic heterocycles. The van der Waals surface area contributed by atoms with Gasteiger partial charge in [0.05, 0.1) is 4.47 Å². The molecule has 0 aromatic carbocycles. The Labute approximate surface area is 154 Å². The summed E-state index contributed by atoms with van der Waals surface area (Å²) in [5.74, 6) is 1.49. The molecule has 2 aromatic rings. The topological polar surface area (TPSA) is 36.4 Å². The Kier molecular flexibility index (Phi) is 4.59. The van der Waals surface area contributed by atoms with E-state index in [0.29, 0.717) is 5.91 Å². The number of halogens is 1. The predicted molar refractivity (Wildman–Crippen MR) is 100 cm³/mol. The van der Waals surface area contributed by atoms with E-state index in [2.05, 4.69) is 42.2 Å². The molecule has 1 amide bonds. The molecule has 0 aliphatic carbocycles. The van der Waals surface area contributed by atoms with E-state index in [1.54, 1.807) is 0 Å². The molecule has 0 N–H and O–H groups in total. The van der Waals surface area contributed by atoms with Crippen LogP contribution < -0.4 is 4.90 Å². The lowest BCUT2D eigenvalue weighted by Crippen LogP contribution is -2.44. The van der Waals surface area contributed by atoms with Crippen molar-refractivity contribution in [3.8, 4) is 0 Å². The molecular weight excluding hydrogens is 386 g/mol. The molecule has 2 aliphatic rings. The zero-order valence-corrected chi connectivity index (χ0v) is 15.9. The summed E-state index contributed by atoms with van der Waals surface area (Å²) in [5, 5.41) is 2.14. The SMILES string of the molecule is O=C(C1CCN(c2ncccc2Br)CC1)N1CCc2sccc2C1. The highest BCUT2D eigenvalue weighted by Gasteiger charge is 2.31. The first kappa shape index (κ1) is 16.1. The maximum absolute atomic E-state index is 12.9. The molecule has 4 heterocycles. The molecule has 126 valence electrons. The lowest BCUT2D eigenvalue weighted by atomic mass is 9.94. The maximum Gasteiger partial charge on any atom is 0.226 e. The zero-order valence-electron chi connectivity index (χ0n) is 13.4. The van der Waals surface area contributed by atoms with Crippen LogP contribution in [-0.4, -0.2) is 35.4 Å². The highest BCUT2D eigenvalue weighted by molar-refractivity contribution is 9.10. The highest BCUT2D eigenvalue weighted by Crippen LogP contribution is 2.30. The van der Waals surface area contributed by atoms with Gasteiger partial charge >= 0.3 is 0 Å². The number of aromatic nitrogens is 1. The van der Waals surface area contributed by atoms with E-state index in [9.17, 15) is 4.79 Å². The second-order valence-electron chi connectivity index (χ2n) is 6.45. The minimum Gasteiger partial charge on any atom is -0.356 e. The molecule has 2 aromatic heterocycles. The summed E-state index contributed by atoms with van der Waals surface area (Å²) in [4.78, 5) is 23.1. The van der Waals surface area contributed by atoms with Crippen LogP contribution in [0.15, 0.2) is 34.2 Å². The van der Waals surface area contributed by atoms with Gasteiger partial charge in [-0.3, -0.25) is 4.79 Å². The van der Waals surface area contributed by atoms with Gasteiger partial charge in [-0.25, -0.2) is 4.98 Å². The summed E-state index contributed by atoms with van der Waals surface area (Å²) in [6.45, 7) is 3.45. The Hall–Kier alpha value is -1.40. The average Bonchev–Trinajstić information content (AvgIpc) is 3.09. The molecule has 1 fully saturated rings. The van der Waals surface area contributed by atoms with Crippen molar-refractivity contribution in [2.75, 3.05) is 24.5 Å². The molecule has 0 bridgehead atoms. The summed E-state index contributed by atoms with van der Waals surface area (Å²) < 4.78 is 1.02. The van der Waals surface area contributed by atoms with E-state index in [4.69, 9.17) is 0 Å². The minimum absolute atomic E-state index is 0.156. The lowest BCUT2D eigenvalue weighted by Gasteiger charge is -2.36. The monoisotopic (exact) mass is 405 g/mol. The van der Waals surface area contributed by atoms with Crippen molar-refractivity contribution in [1.29, 1.82) is 0 Å². The van der Waals surface area contributed by atoms with Gasteiger partial charge in [-0.05, 0) is 64.3 Å². The fourth-order valence-corrected chi connectivity index (χ4v) is 5.04. The maximum atomic E-state index is 12.9. The molecule has 1 saturated heterocycles. The first-order valence-corrected chi connectivity index (χ1v) is 10.1. The number of fused-ring (bicyclic) bond motifs is 1. The van der Waals surface area contributed by atoms with Gasteiger partial charge in [0, 0.05) is 43.2 Å². The summed E-state index contributed by atoms with van der Waals surface area (Å²) >= 11 is 5.39. The van der Waals surface area contributed by atoms with Crippen molar-refractivity contribution >= 4 is 39.0 Å². The smallest absolute Gasteiger partial charge is 0.226 e. The van der Waals surface area contributed by atoms with Gasteiger partial charge in [0.25, 0.3) is 0 Å². The molecule has 0 spiro atoms. The quantitative estimate of drug-likeness (QED) is 0.763. The van der Waals surface area contributed by atoms with E-state index in [-0.39, 0.29) is 5.92 Å². The number of rotatable bonds is 2. The number of hydrogen-bond donors (Lipinski definition) is 0. The molecule has 0 atom stereocenters. The second-order valence-corrected chi connectivity index (χ2v) is 8.30. The van der Waals surface area contributed by atoms with Crippen molar-refractivity contribution in [2.45, 2.75) is 25.8 Å². The Morgan fingerprint density at radius 2 is 2.08 bits per heavy atom. The van der Waals surface area contributed by atoms with Crippen LogP contribution in [0.5, 0.6) is 0 Å². The zero-order chi connectivity index (χ0) is 16.5. The Morgan fingerprint density at radius 1 is 1.25 bits per heavy atom. The number of thiophene rings is 1. The Balaban J connectivity index is 1.38. The molecular formula is C18H20BrN3OS. The van der Waals surface area contributed by atoms with Crippen LogP contribution in [0.2, 0.25) is 0 Å². The molecule has 0 saturated carbocycles. The van der Waals surface area contributed by atoms with E-state index in [1.165, 1.54) is 10.4 Å². The predicted octanol–water partition coefficient (Wildman–Crippen LogP) is 3.71. The second kappa shape index (κ2) is 6.84. The normalized spacial score (nSPS) is 18.5. The third-order valence-electron chi connectivity index (χ3n) is 5.00. The van der Waals surface area contributed by atoms with Gasteiger partial charge in [0.1, 0.15) is 5.82 Å². The molecule has 4 nitrogen and oxygen atoms in total. The number of piperidine rings is 1. The van der Waals surface area contributed by atoms with Crippen LogP contribution in [-0.2, 0) is 17.8 Å². The summed E-state index contributed by atoms with van der Waals surface area (Å²) in [6, 6.07) is 6.12. The number of hydrogen-bond acceptors (Lipinski definition) is 4. The fourth-order valence-electron chi connectivity index (χ4n) is 3.64. The van der Waals surface area contributed by atoms with Crippen molar-refractivity contribution in [1.82, 2.24) is 9.88 Å². The number of pyridine rings is 1. The number of carbonyl (C=O) groups excluding carboxylic acids is 1. The van der Waals surface area contributed by atoms with Gasteiger partial charge in [-0.2, -0.15) is 0 Å². The van der Waals surface area contributed by atoms with Crippen molar-refractivity contribution < 1.29 is 4.79 Å². The summed E-state index contributed by atoms with van der Waals surface area (Å²) in [6.07, 6.45) is 4.66. The standard InChI is InChI=1S/C18H20BrN3OS/c19-15-2-1-7-20-17(15)21-8-3-13(4-9-21)18(23)22-10-5-16-14(12-22)6-11-24-16/h1-2,6-7,11,13H,3-5,8-10,12H2. The highest BCUT2D eigenvalue weighted by atomic mass is 79.9. The van der Waals surface area contributed by atoms with E-state index >= 15 is 0 Å². The molecule has 6 heteroatoms. The Morgan fingerprint density at radius 3 is 2.88 bits per heavy atom. The fraction of sp³-hybridized carbons (Fsp3) is 0.444. The van der Waals surface area contributed by atoms with Gasteiger partial charge in [0.2, 0.25) is 5.91 Å². The third-order valence-corrected chi connectivity index (χ3v) is 6.64. The van der Waals surface area contributed by atoms with Crippen LogP contribution in [0.4, 0.5) is 5.82 Å². The van der Waals surface area contributed by atoms with Crippen LogP contribution in [0.3, 0.4) is 0 Å². The van der Waals surface area contributed by atoms with E-state index in [1.807, 2.05) is 29.7 Å². The van der Waals surface area contributed by atoms with Gasteiger partial charge in [-0.1, -0.05) is 0 Å². The van der Waals surface area contributed by atoms with E-state index in [0.717, 1.165) is 55.7 Å². The third kappa shape index (κ3) is 3.09. The van der Waals surface area contributed by atoms with Crippen molar-refractivity contribution in [3.05, 3.63) is 44.7 Å². The average molecular weight is 406 g/mol. The van der Waals surface area contributed by atoms with Crippen molar-refractivity contribution in [3.63, 3.8) is 0 Å². The largest absolute Gasteiger partial charge is 0.356 e. The molecule has 0 unspecified atom stereocenters. The lowest BCUT2D eigenvalue weighted by molar-refractivity contribution is -0.137. The van der Waals surface area contributed by atoms with E-state index < -0.39 is 0 Å². The molecule has 24 heavy (non-hydrogen) atoms. The molecule has 4 rings (SSSR count). The van der Waals surface area contributed by atoms with Gasteiger partial charge in [-0.15, -0.1) is 11.3 Å². The number of carbonyl (C=O) groups is 1. The van der Waals surface area contributed by atoms with Gasteiger partial charge < -0.3 is 9.80 Å². The minimum atomic E-state index is 0.156. The Bertz CT molecular complexity index is 739. The number of amides is 1. The van der Waals surface area contributed by atoms with Crippen LogP contribution in [0.1, 0.15) is 23.3 Å². The summed E-state index contributed by atoms with van der Waals surface area (Å²) in [7, 11) is 0. The first-order chi connectivity index (χ1) is 11.7. The van der Waals surface area contributed by atoms with Crippen LogP contribution >= 0.6 is 27.3 Å². The summed E-state index contributed by atoms with van der Waals surface area (Å²) in [5.41, 5.74) is 1.34. The van der Waals surface area contributed by atoms with Crippen molar-refractivity contribution in [2.24, 2.45) is 5.92 Å². The van der Waals surface area contributed by atoms with Crippen LogP contribution in [0, 0.1) is 5.92 Å². The first-order valence-electron chi connectivity index (χ1n) is 8.42. The van der Waals surface area contributed by atoms with Crippen LogP contribution in [0.25, 0.3) is 0 Å². The van der Waals surface area contributed by atoms with Gasteiger partial charge in [0.15, 0.2) is 0 Å².